The lowest BCUT2D eigenvalue weighted by molar-refractivity contribution is -0.149. The van der Waals surface area contributed by atoms with Crippen LogP contribution in [0.4, 0.5) is 0 Å². The number of hydrogen-bond donors (Lipinski definition) is 1. The average molecular weight is 236 g/mol. The van der Waals surface area contributed by atoms with Crippen LogP contribution in [0.25, 0.3) is 0 Å². The largest absolute Gasteiger partial charge is 0.469 e. The van der Waals surface area contributed by atoms with Crippen molar-refractivity contribution >= 4 is 5.97 Å². The summed E-state index contributed by atoms with van der Waals surface area (Å²) in [5.41, 5.74) is 1.04. The zero-order chi connectivity index (χ0) is 12.7. The van der Waals surface area contributed by atoms with E-state index in [0.717, 1.165) is 12.0 Å². The molecule has 0 spiro atoms. The van der Waals surface area contributed by atoms with E-state index >= 15 is 0 Å². The van der Waals surface area contributed by atoms with E-state index in [9.17, 15) is 9.90 Å². The fourth-order valence-corrected chi connectivity index (χ4v) is 1.89. The Morgan fingerprint density at radius 3 is 2.53 bits per heavy atom. The molecule has 0 amide bonds. The molecular weight excluding hydrogens is 216 g/mol. The lowest BCUT2D eigenvalue weighted by Gasteiger charge is -2.20. The smallest absolute Gasteiger partial charge is 0.311 e. The first-order chi connectivity index (χ1) is 8.19. The molecule has 0 unspecified atom stereocenters. The number of benzene rings is 1. The van der Waals surface area contributed by atoms with Crippen LogP contribution in [0.15, 0.2) is 30.3 Å². The van der Waals surface area contributed by atoms with Crippen molar-refractivity contribution in [2.75, 3.05) is 7.11 Å². The van der Waals surface area contributed by atoms with Gasteiger partial charge in [-0.25, -0.2) is 0 Å². The number of aliphatic hydroxyl groups excluding tert-OH is 1. The highest BCUT2D eigenvalue weighted by molar-refractivity contribution is 5.73. The highest BCUT2D eigenvalue weighted by Gasteiger charge is 2.27. The Bertz CT molecular complexity index is 335. The minimum absolute atomic E-state index is 0.338. The number of rotatable bonds is 6. The summed E-state index contributed by atoms with van der Waals surface area (Å²) >= 11 is 0. The Morgan fingerprint density at radius 1 is 1.35 bits per heavy atom. The van der Waals surface area contributed by atoms with Gasteiger partial charge in [-0.05, 0) is 18.4 Å². The molecular formula is C14H20O3. The predicted octanol–water partition coefficient (Wildman–Crippen LogP) is 2.18. The number of aliphatic hydroxyl groups is 1. The third-order valence-electron chi connectivity index (χ3n) is 2.85. The van der Waals surface area contributed by atoms with Crippen LogP contribution in [0.3, 0.4) is 0 Å². The molecule has 0 saturated carbocycles. The molecule has 1 aromatic rings. The van der Waals surface area contributed by atoms with Gasteiger partial charge in [0.25, 0.3) is 0 Å². The summed E-state index contributed by atoms with van der Waals surface area (Å²) < 4.78 is 4.75. The van der Waals surface area contributed by atoms with Crippen molar-refractivity contribution in [1.29, 1.82) is 0 Å². The molecule has 2 atom stereocenters. The number of carbonyl (C=O) groups is 1. The first kappa shape index (κ1) is 13.7. The Labute approximate surface area is 102 Å². The van der Waals surface area contributed by atoms with Gasteiger partial charge in [0, 0.05) is 0 Å². The fraction of sp³-hybridized carbons (Fsp3) is 0.500. The van der Waals surface area contributed by atoms with Crippen LogP contribution in [-0.2, 0) is 16.0 Å². The van der Waals surface area contributed by atoms with Gasteiger partial charge in [0.15, 0.2) is 0 Å². The quantitative estimate of drug-likeness (QED) is 0.770. The summed E-state index contributed by atoms with van der Waals surface area (Å²) in [5, 5.41) is 9.97. The van der Waals surface area contributed by atoms with E-state index in [1.807, 2.05) is 37.3 Å². The SMILES string of the molecule is CCC[C@@H](O)[C@@H](Cc1ccccc1)C(=O)OC. The minimum atomic E-state index is -0.632. The molecule has 0 fully saturated rings. The van der Waals surface area contributed by atoms with Crippen LogP contribution in [-0.4, -0.2) is 24.3 Å². The van der Waals surface area contributed by atoms with Gasteiger partial charge in [-0.2, -0.15) is 0 Å². The molecule has 0 heterocycles. The fourth-order valence-electron chi connectivity index (χ4n) is 1.89. The first-order valence-corrected chi connectivity index (χ1v) is 5.98. The van der Waals surface area contributed by atoms with Gasteiger partial charge in [0.1, 0.15) is 0 Å². The Kier molecular flexibility index (Phi) is 5.70. The van der Waals surface area contributed by atoms with Gasteiger partial charge in [-0.1, -0.05) is 43.7 Å². The molecule has 0 aliphatic heterocycles. The van der Waals surface area contributed by atoms with Crippen LogP contribution in [0, 0.1) is 5.92 Å². The lowest BCUT2D eigenvalue weighted by atomic mass is 9.91. The predicted molar refractivity (Wildman–Crippen MR) is 66.6 cm³/mol. The third kappa shape index (κ3) is 4.19. The van der Waals surface area contributed by atoms with Crippen molar-refractivity contribution < 1.29 is 14.6 Å². The molecule has 0 aromatic heterocycles. The molecule has 0 aliphatic rings. The van der Waals surface area contributed by atoms with Crippen LogP contribution in [0.2, 0.25) is 0 Å². The average Bonchev–Trinajstić information content (AvgIpc) is 2.36. The Morgan fingerprint density at radius 2 is 2.00 bits per heavy atom. The molecule has 0 saturated heterocycles. The molecule has 1 rings (SSSR count). The van der Waals surface area contributed by atoms with Gasteiger partial charge >= 0.3 is 5.97 Å². The van der Waals surface area contributed by atoms with Gasteiger partial charge < -0.3 is 9.84 Å². The van der Waals surface area contributed by atoms with Gasteiger partial charge in [0.05, 0.1) is 19.1 Å². The number of ether oxygens (including phenoxy) is 1. The molecule has 1 N–H and O–H groups in total. The second-order valence-corrected chi connectivity index (χ2v) is 4.18. The van der Waals surface area contributed by atoms with Crippen molar-refractivity contribution in [2.24, 2.45) is 5.92 Å². The summed E-state index contributed by atoms with van der Waals surface area (Å²) in [6.07, 6.45) is 1.36. The third-order valence-corrected chi connectivity index (χ3v) is 2.85. The van der Waals surface area contributed by atoms with E-state index in [1.165, 1.54) is 7.11 Å². The monoisotopic (exact) mass is 236 g/mol. The normalized spacial score (nSPS) is 14.1. The topological polar surface area (TPSA) is 46.5 Å². The standard InChI is InChI=1S/C14H20O3/c1-3-7-13(15)12(14(16)17-2)10-11-8-5-4-6-9-11/h4-6,8-9,12-13,15H,3,7,10H2,1-2H3/t12-,13-/m1/s1. The Hall–Kier alpha value is -1.35. The second-order valence-electron chi connectivity index (χ2n) is 4.18. The van der Waals surface area contributed by atoms with E-state index in [-0.39, 0.29) is 5.97 Å². The summed E-state index contributed by atoms with van der Waals surface area (Å²) in [5.74, 6) is -0.808. The highest BCUT2D eigenvalue weighted by Crippen LogP contribution is 2.17. The van der Waals surface area contributed by atoms with Crippen molar-refractivity contribution in [3.05, 3.63) is 35.9 Å². The molecule has 17 heavy (non-hydrogen) atoms. The molecule has 0 bridgehead atoms. The molecule has 0 radical (unpaired) electrons. The molecule has 3 nitrogen and oxygen atoms in total. The van der Waals surface area contributed by atoms with E-state index in [1.54, 1.807) is 0 Å². The van der Waals surface area contributed by atoms with E-state index in [4.69, 9.17) is 4.74 Å². The van der Waals surface area contributed by atoms with Crippen molar-refractivity contribution in [1.82, 2.24) is 0 Å². The Balaban J connectivity index is 2.73. The lowest BCUT2D eigenvalue weighted by Crippen LogP contribution is -2.31. The molecule has 1 aromatic carbocycles. The van der Waals surface area contributed by atoms with Crippen LogP contribution >= 0.6 is 0 Å². The summed E-state index contributed by atoms with van der Waals surface area (Å²) in [7, 11) is 1.36. The van der Waals surface area contributed by atoms with Crippen molar-refractivity contribution in [3.8, 4) is 0 Å². The van der Waals surface area contributed by atoms with E-state index < -0.39 is 12.0 Å². The van der Waals surface area contributed by atoms with Gasteiger partial charge in [-0.15, -0.1) is 0 Å². The highest BCUT2D eigenvalue weighted by atomic mass is 16.5. The van der Waals surface area contributed by atoms with Crippen LogP contribution < -0.4 is 0 Å². The van der Waals surface area contributed by atoms with Gasteiger partial charge in [-0.3, -0.25) is 4.79 Å². The van der Waals surface area contributed by atoms with E-state index in [0.29, 0.717) is 12.8 Å². The summed E-state index contributed by atoms with van der Waals surface area (Å²) in [4.78, 5) is 11.7. The number of esters is 1. The first-order valence-electron chi connectivity index (χ1n) is 5.98. The number of methoxy groups -OCH3 is 1. The summed E-state index contributed by atoms with van der Waals surface area (Å²) in [6.45, 7) is 1.99. The zero-order valence-corrected chi connectivity index (χ0v) is 10.4. The van der Waals surface area contributed by atoms with Gasteiger partial charge in [0.2, 0.25) is 0 Å². The number of hydrogen-bond acceptors (Lipinski definition) is 3. The van der Waals surface area contributed by atoms with Crippen LogP contribution in [0.5, 0.6) is 0 Å². The minimum Gasteiger partial charge on any atom is -0.469 e. The van der Waals surface area contributed by atoms with E-state index in [2.05, 4.69) is 0 Å². The molecule has 94 valence electrons. The van der Waals surface area contributed by atoms with Crippen LogP contribution in [0.1, 0.15) is 25.3 Å². The maximum Gasteiger partial charge on any atom is 0.311 e. The van der Waals surface area contributed by atoms with Crippen molar-refractivity contribution in [2.45, 2.75) is 32.3 Å². The summed E-state index contributed by atoms with van der Waals surface area (Å²) in [6, 6.07) is 9.69. The number of carbonyl (C=O) groups excluding carboxylic acids is 1. The maximum atomic E-state index is 11.7. The maximum absolute atomic E-state index is 11.7. The molecule has 0 aliphatic carbocycles. The molecule has 3 heteroatoms. The second kappa shape index (κ2) is 7.07. The zero-order valence-electron chi connectivity index (χ0n) is 10.4. The van der Waals surface area contributed by atoms with Crippen molar-refractivity contribution in [3.63, 3.8) is 0 Å².